The van der Waals surface area contributed by atoms with Gasteiger partial charge in [0.05, 0.1) is 6.61 Å². The molecule has 0 spiro atoms. The Bertz CT molecular complexity index is 849. The molecule has 2 aromatic carbocycles. The van der Waals surface area contributed by atoms with Gasteiger partial charge in [-0.25, -0.2) is 0 Å². The quantitative estimate of drug-likeness (QED) is 0.591. The lowest BCUT2D eigenvalue weighted by atomic mass is 9.80. The van der Waals surface area contributed by atoms with E-state index in [1.807, 2.05) is 31.2 Å². The van der Waals surface area contributed by atoms with Crippen molar-refractivity contribution < 1.29 is 29.9 Å². The van der Waals surface area contributed by atoms with Crippen molar-refractivity contribution in [1.82, 2.24) is 0 Å². The Labute approximate surface area is 175 Å². The Morgan fingerprint density at radius 3 is 2.34 bits per heavy atom. The van der Waals surface area contributed by atoms with Crippen LogP contribution >= 0.6 is 11.6 Å². The van der Waals surface area contributed by atoms with Gasteiger partial charge in [-0.1, -0.05) is 35.9 Å². The van der Waals surface area contributed by atoms with E-state index in [9.17, 15) is 20.4 Å². The standard InChI is InChI=1S/C22H27ClO6/c1-4-28-16-8-5-13(6-9-16)11-15-12-14(7-10-17(15)23)19-18(24)20(25)21(2,26)22(3,27)29-19/h5-10,12,18-20,24-27H,4,11H2,1-3H3/t18-,19-,20+,21-,22?/m0/s1. The molecule has 0 radical (unpaired) electrons. The third-order valence-corrected chi connectivity index (χ3v) is 5.90. The van der Waals surface area contributed by atoms with E-state index in [1.165, 1.54) is 13.8 Å². The number of ether oxygens (including phenoxy) is 2. The number of aliphatic hydroxyl groups is 4. The first-order valence-electron chi connectivity index (χ1n) is 9.55. The molecule has 1 saturated heterocycles. The zero-order valence-electron chi connectivity index (χ0n) is 16.7. The van der Waals surface area contributed by atoms with E-state index in [0.717, 1.165) is 16.9 Å². The number of benzene rings is 2. The van der Waals surface area contributed by atoms with Gasteiger partial charge in [0.25, 0.3) is 0 Å². The van der Waals surface area contributed by atoms with Crippen LogP contribution in [0.2, 0.25) is 5.02 Å². The van der Waals surface area contributed by atoms with E-state index in [4.69, 9.17) is 21.1 Å². The first kappa shape index (κ1) is 22.0. The fourth-order valence-electron chi connectivity index (χ4n) is 3.47. The van der Waals surface area contributed by atoms with Gasteiger partial charge in [0.15, 0.2) is 5.79 Å². The second kappa shape index (κ2) is 8.22. The largest absolute Gasteiger partial charge is 0.494 e. The van der Waals surface area contributed by atoms with Crippen LogP contribution in [0, 0.1) is 0 Å². The summed E-state index contributed by atoms with van der Waals surface area (Å²) in [4.78, 5) is 0. The average Bonchev–Trinajstić information content (AvgIpc) is 2.67. The summed E-state index contributed by atoms with van der Waals surface area (Å²) in [6.45, 7) is 5.00. The maximum atomic E-state index is 10.5. The predicted octanol–water partition coefficient (Wildman–Crippen LogP) is 2.58. The Morgan fingerprint density at radius 1 is 1.07 bits per heavy atom. The third kappa shape index (κ3) is 4.28. The zero-order chi connectivity index (χ0) is 21.4. The maximum Gasteiger partial charge on any atom is 0.195 e. The van der Waals surface area contributed by atoms with Crippen LogP contribution in [0.1, 0.15) is 43.6 Å². The second-order valence-corrected chi connectivity index (χ2v) is 8.12. The van der Waals surface area contributed by atoms with Gasteiger partial charge in [-0.2, -0.15) is 0 Å². The van der Waals surface area contributed by atoms with Crippen LogP contribution in [0.4, 0.5) is 0 Å². The predicted molar refractivity (Wildman–Crippen MR) is 109 cm³/mol. The molecule has 0 amide bonds. The summed E-state index contributed by atoms with van der Waals surface area (Å²) in [6.07, 6.45) is -3.51. The minimum atomic E-state index is -2.05. The van der Waals surface area contributed by atoms with Crippen LogP contribution < -0.4 is 4.74 Å². The SMILES string of the molecule is CCOc1ccc(Cc2cc([C@@H]3OC(C)(O)[C@@](C)(O)[C@H](O)[C@H]3O)ccc2Cl)cc1. The van der Waals surface area contributed by atoms with Crippen molar-refractivity contribution >= 4 is 11.6 Å². The molecule has 0 saturated carbocycles. The Balaban J connectivity index is 1.87. The van der Waals surface area contributed by atoms with Gasteiger partial charge in [0.2, 0.25) is 0 Å². The van der Waals surface area contributed by atoms with Crippen molar-refractivity contribution in [3.8, 4) is 5.75 Å². The molecule has 2 aromatic rings. The summed E-state index contributed by atoms with van der Waals surface area (Å²) in [5.41, 5.74) is 0.335. The average molecular weight is 423 g/mol. The van der Waals surface area contributed by atoms with Gasteiger partial charge in [-0.05, 0) is 62.1 Å². The summed E-state index contributed by atoms with van der Waals surface area (Å²) < 4.78 is 11.0. The van der Waals surface area contributed by atoms with Crippen LogP contribution in [0.15, 0.2) is 42.5 Å². The molecule has 0 bridgehead atoms. The number of hydrogen-bond acceptors (Lipinski definition) is 6. The molecule has 1 aliphatic rings. The van der Waals surface area contributed by atoms with E-state index in [-0.39, 0.29) is 0 Å². The Morgan fingerprint density at radius 2 is 1.72 bits per heavy atom. The van der Waals surface area contributed by atoms with Gasteiger partial charge < -0.3 is 29.9 Å². The normalized spacial score (nSPS) is 32.2. The molecule has 158 valence electrons. The van der Waals surface area contributed by atoms with Crippen LogP contribution in [0.25, 0.3) is 0 Å². The van der Waals surface area contributed by atoms with Crippen molar-refractivity contribution in [3.63, 3.8) is 0 Å². The zero-order valence-corrected chi connectivity index (χ0v) is 17.4. The lowest BCUT2D eigenvalue weighted by Crippen LogP contribution is -2.67. The molecule has 5 atom stereocenters. The molecule has 0 aliphatic carbocycles. The monoisotopic (exact) mass is 422 g/mol. The van der Waals surface area contributed by atoms with Crippen molar-refractivity contribution in [1.29, 1.82) is 0 Å². The molecule has 3 rings (SSSR count). The number of aliphatic hydroxyl groups excluding tert-OH is 2. The smallest absolute Gasteiger partial charge is 0.195 e. The Hall–Kier alpha value is -1.67. The second-order valence-electron chi connectivity index (χ2n) is 7.71. The molecule has 4 N–H and O–H groups in total. The van der Waals surface area contributed by atoms with Gasteiger partial charge in [0, 0.05) is 5.02 Å². The van der Waals surface area contributed by atoms with Crippen LogP contribution in [0.3, 0.4) is 0 Å². The van der Waals surface area contributed by atoms with Crippen LogP contribution in [-0.2, 0) is 11.2 Å². The maximum absolute atomic E-state index is 10.5. The molecule has 1 aliphatic heterocycles. The summed E-state index contributed by atoms with van der Waals surface area (Å²) in [7, 11) is 0. The van der Waals surface area contributed by atoms with Gasteiger partial charge >= 0.3 is 0 Å². The molecular formula is C22H27ClO6. The highest BCUT2D eigenvalue weighted by Gasteiger charge is 2.58. The Kier molecular flexibility index (Phi) is 6.24. The molecule has 29 heavy (non-hydrogen) atoms. The highest BCUT2D eigenvalue weighted by Crippen LogP contribution is 2.42. The molecule has 7 heteroatoms. The van der Waals surface area contributed by atoms with Crippen molar-refractivity contribution in [2.75, 3.05) is 6.61 Å². The molecule has 6 nitrogen and oxygen atoms in total. The van der Waals surface area contributed by atoms with Crippen molar-refractivity contribution in [2.24, 2.45) is 0 Å². The van der Waals surface area contributed by atoms with E-state index in [1.54, 1.807) is 18.2 Å². The van der Waals surface area contributed by atoms with Crippen molar-refractivity contribution in [2.45, 2.75) is 56.9 Å². The van der Waals surface area contributed by atoms with Crippen LogP contribution in [-0.4, -0.2) is 50.6 Å². The lowest BCUT2D eigenvalue weighted by molar-refractivity contribution is -0.376. The fourth-order valence-corrected chi connectivity index (χ4v) is 3.66. The minimum absolute atomic E-state index is 0.540. The minimum Gasteiger partial charge on any atom is -0.494 e. The number of halogens is 1. The summed E-state index contributed by atoms with van der Waals surface area (Å²) in [5, 5.41) is 42.2. The number of hydrogen-bond donors (Lipinski definition) is 4. The van der Waals surface area contributed by atoms with Gasteiger partial charge in [-0.15, -0.1) is 0 Å². The summed E-state index contributed by atoms with van der Waals surface area (Å²) in [6, 6.07) is 12.8. The highest BCUT2D eigenvalue weighted by atomic mass is 35.5. The fraction of sp³-hybridized carbons (Fsp3) is 0.455. The van der Waals surface area contributed by atoms with E-state index in [2.05, 4.69) is 0 Å². The van der Waals surface area contributed by atoms with Crippen molar-refractivity contribution in [3.05, 3.63) is 64.2 Å². The lowest BCUT2D eigenvalue weighted by Gasteiger charge is -2.50. The molecule has 1 heterocycles. The summed E-state index contributed by atoms with van der Waals surface area (Å²) in [5.74, 6) is -1.26. The molecule has 1 unspecified atom stereocenters. The van der Waals surface area contributed by atoms with Gasteiger partial charge in [-0.3, -0.25) is 0 Å². The first-order chi connectivity index (χ1) is 13.6. The third-order valence-electron chi connectivity index (χ3n) is 5.53. The van der Waals surface area contributed by atoms with Gasteiger partial charge in [0.1, 0.15) is 29.7 Å². The topological polar surface area (TPSA) is 99.4 Å². The molecule has 0 aromatic heterocycles. The number of rotatable bonds is 5. The highest BCUT2D eigenvalue weighted by molar-refractivity contribution is 6.31. The van der Waals surface area contributed by atoms with E-state index < -0.39 is 29.7 Å². The summed E-state index contributed by atoms with van der Waals surface area (Å²) >= 11 is 6.37. The molecule has 1 fully saturated rings. The van der Waals surface area contributed by atoms with Crippen LogP contribution in [0.5, 0.6) is 5.75 Å². The first-order valence-corrected chi connectivity index (χ1v) is 9.93. The van der Waals surface area contributed by atoms with E-state index in [0.29, 0.717) is 23.6 Å². The molecular weight excluding hydrogens is 396 g/mol. The van der Waals surface area contributed by atoms with E-state index >= 15 is 0 Å².